The molecule has 0 spiro atoms. The molecule has 2 radical (unpaired) electrons. The van der Waals surface area contributed by atoms with Crippen LogP contribution >= 0.6 is 0 Å². The third kappa shape index (κ3) is 44.9. The molecule has 0 fully saturated rings. The van der Waals surface area contributed by atoms with E-state index in [0.29, 0.717) is 0 Å². The Labute approximate surface area is 173 Å². The Bertz CT molecular complexity index is 114. The zero-order valence-electron chi connectivity index (χ0n) is 18.2. The van der Waals surface area contributed by atoms with Gasteiger partial charge in [0.05, 0.1) is 0 Å². The van der Waals surface area contributed by atoms with Crippen molar-refractivity contribution in [2.75, 3.05) is 0 Å². The largest absolute Gasteiger partial charge is 1.00 e. The topological polar surface area (TPSA) is 34.1 Å². The van der Waals surface area contributed by atoms with Crippen molar-refractivity contribution in [1.29, 1.82) is 0 Å². The molecule has 19 heavy (non-hydrogen) atoms. The average molecular weight is 655 g/mol. The van der Waals surface area contributed by atoms with Gasteiger partial charge in [0, 0.05) is 38.5 Å². The van der Waals surface area contributed by atoms with Crippen LogP contribution in [0.2, 0.25) is 0 Å². The van der Waals surface area contributed by atoms with Gasteiger partial charge in [-0.15, -0.1) is 0 Å². The van der Waals surface area contributed by atoms with E-state index in [9.17, 15) is 0 Å². The van der Waals surface area contributed by atoms with Gasteiger partial charge in [0.15, 0.2) is 0 Å². The number of hydrogen-bond acceptors (Lipinski definition) is 2. The minimum absolute atomic E-state index is 0. The van der Waals surface area contributed by atoms with E-state index < -0.39 is 0 Å². The maximum atomic E-state index is 7.00. The minimum Gasteiger partial charge on any atom is -1.00 e. The molecule has 0 heterocycles. The summed E-state index contributed by atoms with van der Waals surface area (Å²) in [5.41, 5.74) is 0. The van der Waals surface area contributed by atoms with E-state index in [1.807, 2.05) is 0 Å². The van der Waals surface area contributed by atoms with Crippen molar-refractivity contribution in [2.45, 2.75) is 0 Å². The average Bonchev–Trinajstić information content (AvgIpc) is 2.30. The minimum atomic E-state index is 0. The molecule has 0 aliphatic rings. The second-order valence-corrected chi connectivity index (χ2v) is 3.89. The van der Waals surface area contributed by atoms with Gasteiger partial charge in [-0.1, -0.05) is 0 Å². The van der Waals surface area contributed by atoms with Gasteiger partial charge in [0.25, 0.3) is 0 Å². The first-order chi connectivity index (χ1) is 7.41. The Balaban J connectivity index is -0.0000000136. The van der Waals surface area contributed by atoms with E-state index in [0.717, 1.165) is 16.2 Å². The zero-order chi connectivity index (χ0) is 11.8. The van der Waals surface area contributed by atoms with Crippen LogP contribution in [-0.4, -0.2) is 127 Å². The van der Waals surface area contributed by atoms with Crippen LogP contribution in [0.3, 0.4) is 0 Å². The number of hydrogen-bond donors (Lipinski definition) is 0. The molecule has 0 bridgehead atoms. The summed E-state index contributed by atoms with van der Waals surface area (Å²) in [6, 6.07) is 0. The SMILES string of the molecule is O=O.[241Am].[241Am].[Be+2].[Be+2].[Be+][Be][Be][Be][Be][Be][Be][Be][Be][Be][Be][Be][Be+].[H-].[H-].[H-].[H-].[H-].[H-]. The summed E-state index contributed by atoms with van der Waals surface area (Å²) in [4.78, 5) is 14.0. The molecule has 0 amide bonds. The maximum Gasteiger partial charge on any atom is -1.00 e. The van der Waals surface area contributed by atoms with Crippen molar-refractivity contribution in [3.05, 3.63) is 9.93 Å². The fraction of sp³-hybridized carbons (Fsp3) is 0. The molecule has 0 saturated heterocycles. The van der Waals surface area contributed by atoms with Crippen molar-refractivity contribution in [1.82, 2.24) is 0 Å². The van der Waals surface area contributed by atoms with Gasteiger partial charge in [-0.25, -0.2) is 0 Å². The van der Waals surface area contributed by atoms with Gasteiger partial charge >= 0.3 is 127 Å². The summed E-state index contributed by atoms with van der Waals surface area (Å²) in [7, 11) is 22.5. The summed E-state index contributed by atoms with van der Waals surface area (Å²) in [5.74, 6) is 0. The number of rotatable bonds is 10. The summed E-state index contributed by atoms with van der Waals surface area (Å²) in [5, 5.41) is 0. The van der Waals surface area contributed by atoms with E-state index in [1.54, 1.807) is 0 Å². The standard InChI is InChI=1S/2Am.15Be.O2.6H/c;;;;;;;;;;;;;;;;;1-2;;;;;;/q;;;;;;;;;;;;;2*+1;2*+2;;6*-1/i2*1-2;;;;;;;;;;;;;;;;;;;;;;. The molecule has 2 nitrogen and oxygen atoms in total. The zero-order valence-corrected chi connectivity index (χ0v) is 18.5. The first-order valence-corrected chi connectivity index (χ1v) is 6.17. The molecule has 0 aliphatic carbocycles. The van der Waals surface area contributed by atoms with Crippen molar-refractivity contribution in [2.24, 2.45) is 0 Å². The molecular weight excluding hydrogens is 649 g/mol. The van der Waals surface area contributed by atoms with Crippen molar-refractivity contribution >= 4 is 127 Å². The van der Waals surface area contributed by atoms with Crippen LogP contribution in [0.5, 0.6) is 0 Å². The normalized spacial score (nSPS) is 2.95. The van der Waals surface area contributed by atoms with E-state index in [1.165, 1.54) is 72.8 Å². The van der Waals surface area contributed by atoms with E-state index in [4.69, 9.17) is 9.93 Å². The third-order valence-corrected chi connectivity index (χ3v) is 2.50. The predicted molar refractivity (Wildman–Crippen MR) is 99.7 cm³/mol. The monoisotopic (exact) mass is 655 g/mol. The fourth-order valence-corrected chi connectivity index (χ4v) is 1.59. The molecule has 0 atom stereocenters. The molecule has 19 heteroatoms. The first-order valence-electron chi connectivity index (χ1n) is 6.17. The van der Waals surface area contributed by atoms with Crippen LogP contribution in [0.1, 0.15) is 8.56 Å². The van der Waals surface area contributed by atoms with Crippen molar-refractivity contribution in [3.63, 3.8) is 0 Å². The maximum absolute atomic E-state index is 7.00. The summed E-state index contributed by atoms with van der Waals surface area (Å²) < 4.78 is 0. The van der Waals surface area contributed by atoms with Gasteiger partial charge in [0.1, 0.15) is 0 Å². The Morgan fingerprint density at radius 1 is 0.526 bits per heavy atom. The first kappa shape index (κ1) is 37.8. The summed E-state index contributed by atoms with van der Waals surface area (Å²) in [6.45, 7) is 0. The van der Waals surface area contributed by atoms with Crippen LogP contribution in [0.15, 0.2) is 0 Å². The van der Waals surface area contributed by atoms with Crippen LogP contribution in [0.25, 0.3) is 0 Å². The van der Waals surface area contributed by atoms with Crippen LogP contribution in [-0.2, 0) is 0 Å². The second-order valence-electron chi connectivity index (χ2n) is 3.89. The van der Waals surface area contributed by atoms with Crippen LogP contribution in [0.4, 0.5) is 0 Å². The molecule has 0 aromatic carbocycles. The van der Waals surface area contributed by atoms with Crippen molar-refractivity contribution < 1.29 is 37.1 Å². The van der Waals surface area contributed by atoms with Crippen LogP contribution < -0.4 is 0 Å². The molecular formula is H6Am2Be15O2. The Hall–Kier alpha value is 2.91. The molecule has 0 aromatic heterocycles. The Morgan fingerprint density at radius 3 is 0.842 bits per heavy atom. The molecule has 62 valence electrons. The third-order valence-electron chi connectivity index (χ3n) is 2.50. The van der Waals surface area contributed by atoms with Gasteiger partial charge in [-0.05, 0) is 0 Å². The van der Waals surface area contributed by atoms with Gasteiger partial charge in [0.2, 0.25) is 0 Å². The summed E-state index contributed by atoms with van der Waals surface area (Å²) in [6.07, 6.45) is 0. The van der Waals surface area contributed by atoms with Gasteiger partial charge in [-0.2, -0.15) is 0 Å². The van der Waals surface area contributed by atoms with Crippen LogP contribution in [0, 0.1) is 38.5 Å². The molecule has 0 saturated carbocycles. The molecule has 0 aromatic rings. The smallest absolute Gasteiger partial charge is 1.00 e. The molecule has 0 aliphatic heterocycles. The van der Waals surface area contributed by atoms with E-state index in [2.05, 4.69) is 18.2 Å². The Kier molecular flexibility index (Phi) is 85.3. The molecule has 0 unspecified atom stereocenters. The fourth-order valence-electron chi connectivity index (χ4n) is 1.59. The van der Waals surface area contributed by atoms with Gasteiger partial charge in [-0.3, -0.25) is 0 Å². The Morgan fingerprint density at radius 2 is 0.684 bits per heavy atom. The molecule has 0 rings (SSSR count). The predicted octanol–water partition coefficient (Wildman–Crippen LogP) is -4.97. The van der Waals surface area contributed by atoms with Gasteiger partial charge < -0.3 is 8.56 Å². The molecule has 0 N–H and O–H groups in total. The summed E-state index contributed by atoms with van der Waals surface area (Å²) >= 11 is 0. The van der Waals surface area contributed by atoms with E-state index in [-0.39, 0.29) is 57.4 Å². The second kappa shape index (κ2) is 42.8. The quantitative estimate of drug-likeness (QED) is 0.175. The van der Waals surface area contributed by atoms with E-state index >= 15 is 0 Å². The van der Waals surface area contributed by atoms with Crippen molar-refractivity contribution in [3.8, 4) is 0 Å².